The van der Waals surface area contributed by atoms with Crippen molar-refractivity contribution in [2.75, 3.05) is 10.6 Å². The molecule has 1 N–H and O–H groups in total. The molecule has 0 bridgehead atoms. The number of hydrogen-bond acceptors (Lipinski definition) is 3. The van der Waals surface area contributed by atoms with E-state index in [0.29, 0.717) is 17.1 Å². The van der Waals surface area contributed by atoms with E-state index in [4.69, 9.17) is 11.6 Å². The molecule has 0 saturated heterocycles. The highest BCUT2D eigenvalue weighted by Gasteiger charge is 2.31. The molecular formula is C20H25ClN2O3S. The van der Waals surface area contributed by atoms with E-state index in [9.17, 15) is 13.2 Å². The number of sulfonamides is 1. The molecule has 2 rings (SSSR count). The summed E-state index contributed by atoms with van der Waals surface area (Å²) in [6.07, 6.45) is 1.46. The molecule has 0 aliphatic rings. The zero-order chi connectivity index (χ0) is 20.2. The lowest BCUT2D eigenvalue weighted by Crippen LogP contribution is -2.49. The number of halogens is 1. The van der Waals surface area contributed by atoms with Gasteiger partial charge in [0.15, 0.2) is 0 Å². The van der Waals surface area contributed by atoms with Crippen molar-refractivity contribution in [1.29, 1.82) is 0 Å². The zero-order valence-corrected chi connectivity index (χ0v) is 17.6. The highest BCUT2D eigenvalue weighted by Crippen LogP contribution is 2.25. The Morgan fingerprint density at radius 1 is 1.15 bits per heavy atom. The second kappa shape index (κ2) is 8.76. The van der Waals surface area contributed by atoms with Crippen LogP contribution in [0.1, 0.15) is 30.0 Å². The number of amides is 1. The molecule has 146 valence electrons. The SMILES string of the molecule is CCC(C(=O)NCc1ccccc1Cl)N(c1ccc(C)c(C)c1)S(C)(=O)=O. The average molecular weight is 409 g/mol. The Morgan fingerprint density at radius 2 is 1.81 bits per heavy atom. The van der Waals surface area contributed by atoms with Gasteiger partial charge < -0.3 is 5.32 Å². The van der Waals surface area contributed by atoms with Gasteiger partial charge in [-0.1, -0.05) is 42.8 Å². The quantitative estimate of drug-likeness (QED) is 0.757. The summed E-state index contributed by atoms with van der Waals surface area (Å²) >= 11 is 6.13. The summed E-state index contributed by atoms with van der Waals surface area (Å²) in [5, 5.41) is 3.37. The lowest BCUT2D eigenvalue weighted by molar-refractivity contribution is -0.122. The third kappa shape index (κ3) is 5.23. The van der Waals surface area contributed by atoms with Gasteiger partial charge in [0.2, 0.25) is 15.9 Å². The van der Waals surface area contributed by atoms with E-state index in [1.807, 2.05) is 38.1 Å². The van der Waals surface area contributed by atoms with E-state index in [0.717, 1.165) is 22.9 Å². The van der Waals surface area contributed by atoms with Gasteiger partial charge in [-0.3, -0.25) is 9.10 Å². The van der Waals surface area contributed by atoms with Crippen molar-refractivity contribution in [1.82, 2.24) is 5.32 Å². The van der Waals surface area contributed by atoms with Crippen LogP contribution in [0.15, 0.2) is 42.5 Å². The molecule has 1 atom stereocenters. The molecule has 0 aromatic heterocycles. The second-order valence-corrected chi connectivity index (χ2v) is 8.83. The number of anilines is 1. The number of benzene rings is 2. The summed E-state index contributed by atoms with van der Waals surface area (Å²) in [5.74, 6) is -0.360. The van der Waals surface area contributed by atoms with Gasteiger partial charge >= 0.3 is 0 Å². The number of nitrogens with one attached hydrogen (secondary N) is 1. The van der Waals surface area contributed by atoms with Crippen LogP contribution in [0.2, 0.25) is 5.02 Å². The van der Waals surface area contributed by atoms with E-state index >= 15 is 0 Å². The topological polar surface area (TPSA) is 66.5 Å². The minimum Gasteiger partial charge on any atom is -0.350 e. The summed E-state index contributed by atoms with van der Waals surface area (Å²) in [6.45, 7) is 5.90. The number of aryl methyl sites for hydroxylation is 2. The van der Waals surface area contributed by atoms with Crippen LogP contribution >= 0.6 is 11.6 Å². The summed E-state index contributed by atoms with van der Waals surface area (Å²) < 4.78 is 26.2. The normalized spacial score (nSPS) is 12.5. The van der Waals surface area contributed by atoms with Gasteiger partial charge in [-0.2, -0.15) is 0 Å². The van der Waals surface area contributed by atoms with Crippen molar-refractivity contribution in [2.24, 2.45) is 0 Å². The fourth-order valence-corrected chi connectivity index (χ4v) is 4.27. The fraction of sp³-hybridized carbons (Fsp3) is 0.350. The first-order valence-corrected chi connectivity index (χ1v) is 11.0. The molecular weight excluding hydrogens is 384 g/mol. The Labute approximate surface area is 166 Å². The van der Waals surface area contributed by atoms with Gasteiger partial charge in [-0.15, -0.1) is 0 Å². The molecule has 27 heavy (non-hydrogen) atoms. The average Bonchev–Trinajstić information content (AvgIpc) is 2.60. The number of carbonyl (C=O) groups is 1. The first-order valence-electron chi connectivity index (χ1n) is 8.73. The van der Waals surface area contributed by atoms with E-state index in [-0.39, 0.29) is 12.5 Å². The van der Waals surface area contributed by atoms with Gasteiger partial charge in [-0.05, 0) is 55.2 Å². The number of nitrogens with zero attached hydrogens (tertiary/aromatic N) is 1. The van der Waals surface area contributed by atoms with Crippen LogP contribution in [0.5, 0.6) is 0 Å². The summed E-state index contributed by atoms with van der Waals surface area (Å²) in [7, 11) is -3.65. The smallest absolute Gasteiger partial charge is 0.244 e. The predicted molar refractivity (Wildman–Crippen MR) is 111 cm³/mol. The highest BCUT2D eigenvalue weighted by molar-refractivity contribution is 7.92. The van der Waals surface area contributed by atoms with Crippen molar-refractivity contribution in [3.63, 3.8) is 0 Å². The van der Waals surface area contributed by atoms with Crippen LogP contribution < -0.4 is 9.62 Å². The molecule has 0 aliphatic carbocycles. The molecule has 0 spiro atoms. The first kappa shape index (κ1) is 21.3. The van der Waals surface area contributed by atoms with Gasteiger partial charge in [0.25, 0.3) is 0 Å². The van der Waals surface area contributed by atoms with Crippen LogP contribution in [-0.4, -0.2) is 26.6 Å². The summed E-state index contributed by atoms with van der Waals surface area (Å²) in [4.78, 5) is 12.8. The van der Waals surface area contributed by atoms with Crippen LogP contribution in [0.4, 0.5) is 5.69 Å². The van der Waals surface area contributed by atoms with Gasteiger partial charge in [0, 0.05) is 11.6 Å². The van der Waals surface area contributed by atoms with Crippen molar-refractivity contribution in [3.05, 3.63) is 64.2 Å². The Kier molecular flexibility index (Phi) is 6.89. The van der Waals surface area contributed by atoms with E-state index < -0.39 is 16.1 Å². The number of rotatable bonds is 7. The summed E-state index contributed by atoms with van der Waals surface area (Å²) in [6, 6.07) is 11.8. The molecule has 1 amide bonds. The maximum Gasteiger partial charge on any atom is 0.244 e. The van der Waals surface area contributed by atoms with Gasteiger partial charge in [-0.25, -0.2) is 8.42 Å². The maximum absolute atomic E-state index is 12.8. The third-order valence-electron chi connectivity index (χ3n) is 4.49. The molecule has 0 heterocycles. The minimum atomic E-state index is -3.65. The molecule has 0 radical (unpaired) electrons. The zero-order valence-electron chi connectivity index (χ0n) is 16.0. The van der Waals surface area contributed by atoms with Crippen molar-refractivity contribution >= 4 is 33.2 Å². The number of carbonyl (C=O) groups excluding carboxylic acids is 1. The van der Waals surface area contributed by atoms with Crippen LogP contribution in [-0.2, 0) is 21.4 Å². The van der Waals surface area contributed by atoms with E-state index in [2.05, 4.69) is 5.32 Å². The van der Waals surface area contributed by atoms with Gasteiger partial charge in [0.05, 0.1) is 11.9 Å². The monoisotopic (exact) mass is 408 g/mol. The van der Waals surface area contributed by atoms with E-state index in [1.54, 1.807) is 25.1 Å². The minimum absolute atomic E-state index is 0.236. The molecule has 2 aromatic carbocycles. The highest BCUT2D eigenvalue weighted by atomic mass is 35.5. The molecule has 0 aliphatic heterocycles. The van der Waals surface area contributed by atoms with Crippen LogP contribution in [0.25, 0.3) is 0 Å². The van der Waals surface area contributed by atoms with Crippen molar-refractivity contribution in [2.45, 2.75) is 39.8 Å². The number of hydrogen-bond donors (Lipinski definition) is 1. The Bertz CT molecular complexity index is 929. The summed E-state index contributed by atoms with van der Waals surface area (Å²) in [5.41, 5.74) is 3.29. The van der Waals surface area contributed by atoms with Crippen LogP contribution in [0, 0.1) is 13.8 Å². The lowest BCUT2D eigenvalue weighted by Gasteiger charge is -2.30. The standard InChI is InChI=1S/C20H25ClN2O3S/c1-5-19(20(24)22-13-16-8-6-7-9-18(16)21)23(27(4,25)26)17-11-10-14(2)15(3)12-17/h6-12,19H,5,13H2,1-4H3,(H,22,24). The first-order chi connectivity index (χ1) is 12.6. The van der Waals surface area contributed by atoms with Crippen molar-refractivity contribution < 1.29 is 13.2 Å². The lowest BCUT2D eigenvalue weighted by atomic mass is 10.1. The molecule has 1 unspecified atom stereocenters. The maximum atomic E-state index is 12.8. The Hall–Kier alpha value is -2.05. The predicted octanol–water partition coefficient (Wildman–Crippen LogP) is 3.82. The molecule has 5 nitrogen and oxygen atoms in total. The molecule has 0 fully saturated rings. The second-order valence-electron chi connectivity index (χ2n) is 6.56. The van der Waals surface area contributed by atoms with Crippen LogP contribution in [0.3, 0.4) is 0 Å². The largest absolute Gasteiger partial charge is 0.350 e. The Morgan fingerprint density at radius 3 is 2.37 bits per heavy atom. The van der Waals surface area contributed by atoms with Crippen molar-refractivity contribution in [3.8, 4) is 0 Å². The molecule has 0 saturated carbocycles. The molecule has 7 heteroatoms. The van der Waals surface area contributed by atoms with E-state index in [1.165, 1.54) is 4.31 Å². The Balaban J connectivity index is 2.30. The van der Waals surface area contributed by atoms with Gasteiger partial charge in [0.1, 0.15) is 6.04 Å². The molecule has 2 aromatic rings. The third-order valence-corrected chi connectivity index (χ3v) is 6.03. The fourth-order valence-electron chi connectivity index (χ4n) is 2.86.